The van der Waals surface area contributed by atoms with Crippen molar-refractivity contribution in [3.8, 4) is 0 Å². The number of piperidine rings is 1. The zero-order chi connectivity index (χ0) is 15.5. The van der Waals surface area contributed by atoms with E-state index in [0.29, 0.717) is 4.88 Å². The SMILES string of the molecule is CCCN1CCC(NS(=O)(=O)c2ccc(C(N)=S)s2)CC1. The summed E-state index contributed by atoms with van der Waals surface area (Å²) in [5.74, 6) is 0. The molecule has 1 aliphatic rings. The molecule has 118 valence electrons. The summed E-state index contributed by atoms with van der Waals surface area (Å²) in [6.45, 7) is 5.14. The highest BCUT2D eigenvalue weighted by Crippen LogP contribution is 2.23. The lowest BCUT2D eigenvalue weighted by atomic mass is 10.1. The summed E-state index contributed by atoms with van der Waals surface area (Å²) < 4.78 is 27.8. The Morgan fingerprint density at radius 1 is 1.48 bits per heavy atom. The van der Waals surface area contributed by atoms with Crippen molar-refractivity contribution in [2.75, 3.05) is 19.6 Å². The summed E-state index contributed by atoms with van der Waals surface area (Å²) in [6.07, 6.45) is 2.84. The van der Waals surface area contributed by atoms with Gasteiger partial charge in [-0.15, -0.1) is 11.3 Å². The third-order valence-electron chi connectivity index (χ3n) is 3.54. The van der Waals surface area contributed by atoms with E-state index >= 15 is 0 Å². The van der Waals surface area contributed by atoms with Crippen LogP contribution in [0.1, 0.15) is 31.1 Å². The Hall–Kier alpha value is -0.540. The van der Waals surface area contributed by atoms with E-state index in [2.05, 4.69) is 16.5 Å². The molecule has 0 atom stereocenters. The highest BCUT2D eigenvalue weighted by molar-refractivity contribution is 7.91. The Morgan fingerprint density at radius 2 is 2.14 bits per heavy atom. The summed E-state index contributed by atoms with van der Waals surface area (Å²) >= 11 is 5.98. The van der Waals surface area contributed by atoms with Crippen LogP contribution in [0.15, 0.2) is 16.3 Å². The van der Waals surface area contributed by atoms with Gasteiger partial charge < -0.3 is 10.6 Å². The van der Waals surface area contributed by atoms with Gasteiger partial charge in [-0.2, -0.15) is 0 Å². The molecule has 0 spiro atoms. The van der Waals surface area contributed by atoms with E-state index in [1.165, 1.54) is 0 Å². The summed E-state index contributed by atoms with van der Waals surface area (Å²) in [4.78, 5) is 3.23. The molecule has 1 aromatic rings. The van der Waals surface area contributed by atoms with Crippen molar-refractivity contribution in [2.45, 2.75) is 36.4 Å². The maximum atomic E-state index is 12.3. The van der Waals surface area contributed by atoms with Gasteiger partial charge >= 0.3 is 0 Å². The maximum Gasteiger partial charge on any atom is 0.250 e. The molecule has 1 aliphatic heterocycles. The molecule has 0 aromatic carbocycles. The predicted molar refractivity (Wildman–Crippen MR) is 90.3 cm³/mol. The zero-order valence-corrected chi connectivity index (χ0v) is 14.5. The van der Waals surface area contributed by atoms with Gasteiger partial charge in [-0.1, -0.05) is 19.1 Å². The molecule has 1 aromatic heterocycles. The number of thiocarbonyl (C=S) groups is 1. The Bertz CT molecular complexity index is 590. The van der Waals surface area contributed by atoms with E-state index in [0.717, 1.165) is 50.2 Å². The first-order valence-electron chi connectivity index (χ1n) is 7.06. The molecule has 0 bridgehead atoms. The van der Waals surface area contributed by atoms with E-state index in [1.807, 2.05) is 0 Å². The van der Waals surface area contributed by atoms with Crippen molar-refractivity contribution in [1.82, 2.24) is 9.62 Å². The molecule has 0 unspecified atom stereocenters. The Labute approximate surface area is 135 Å². The second-order valence-corrected chi connectivity index (χ2v) is 8.68. The van der Waals surface area contributed by atoms with Gasteiger partial charge in [0.05, 0.1) is 4.88 Å². The van der Waals surface area contributed by atoms with Crippen LogP contribution >= 0.6 is 23.6 Å². The first kappa shape index (κ1) is 16.8. The van der Waals surface area contributed by atoms with Gasteiger partial charge in [0.2, 0.25) is 10.0 Å². The molecule has 0 amide bonds. The van der Waals surface area contributed by atoms with E-state index in [-0.39, 0.29) is 15.2 Å². The predicted octanol–water partition coefficient (Wildman–Crippen LogP) is 1.53. The second-order valence-electron chi connectivity index (χ2n) is 5.22. The number of sulfonamides is 1. The Morgan fingerprint density at radius 3 is 2.67 bits per heavy atom. The third-order valence-corrected chi connectivity index (χ3v) is 7.02. The highest BCUT2D eigenvalue weighted by Gasteiger charge is 2.25. The Balaban J connectivity index is 1.96. The molecule has 21 heavy (non-hydrogen) atoms. The lowest BCUT2D eigenvalue weighted by Gasteiger charge is -2.31. The standard InChI is InChI=1S/C13H21N3O2S3/c1-2-7-16-8-5-10(6-9-16)15-21(17,18)12-4-3-11(20-12)13(14)19/h3-4,10,15H,2,5-9H2,1H3,(H2,14,19). The molecule has 0 radical (unpaired) electrons. The molecule has 0 aliphatic carbocycles. The first-order chi connectivity index (χ1) is 9.92. The fraction of sp³-hybridized carbons (Fsp3) is 0.615. The summed E-state index contributed by atoms with van der Waals surface area (Å²) in [7, 11) is -3.47. The largest absolute Gasteiger partial charge is 0.389 e. The first-order valence-corrected chi connectivity index (χ1v) is 9.77. The number of hydrogen-bond acceptors (Lipinski definition) is 5. The summed E-state index contributed by atoms with van der Waals surface area (Å²) in [5.41, 5.74) is 5.52. The number of nitrogens with two attached hydrogens (primary N) is 1. The molecular formula is C13H21N3O2S3. The van der Waals surface area contributed by atoms with Crippen LogP contribution in [-0.4, -0.2) is 44.0 Å². The molecule has 2 rings (SSSR count). The van der Waals surface area contributed by atoms with Crippen LogP contribution in [0, 0.1) is 0 Å². The molecule has 3 N–H and O–H groups in total. The van der Waals surface area contributed by atoms with Crippen LogP contribution in [0.4, 0.5) is 0 Å². The fourth-order valence-electron chi connectivity index (χ4n) is 2.47. The number of likely N-dealkylation sites (tertiary alicyclic amines) is 1. The molecule has 2 heterocycles. The number of nitrogens with one attached hydrogen (secondary N) is 1. The summed E-state index contributed by atoms with van der Waals surface area (Å²) in [6, 6.07) is 3.23. The van der Waals surface area contributed by atoms with Crippen LogP contribution in [0.25, 0.3) is 0 Å². The number of nitrogens with zero attached hydrogens (tertiary/aromatic N) is 1. The van der Waals surface area contributed by atoms with Gasteiger partial charge in [-0.05, 0) is 51.0 Å². The Kier molecular flexibility index (Phi) is 5.73. The monoisotopic (exact) mass is 347 g/mol. The second kappa shape index (κ2) is 7.15. The molecule has 8 heteroatoms. The van der Waals surface area contributed by atoms with Gasteiger partial charge in [0.15, 0.2) is 0 Å². The minimum atomic E-state index is -3.47. The van der Waals surface area contributed by atoms with Gasteiger partial charge in [0, 0.05) is 6.04 Å². The fourth-order valence-corrected chi connectivity index (χ4v) is 5.14. The van der Waals surface area contributed by atoms with Crippen LogP contribution in [-0.2, 0) is 10.0 Å². The van der Waals surface area contributed by atoms with Crippen molar-refractivity contribution in [2.24, 2.45) is 5.73 Å². The van der Waals surface area contributed by atoms with Crippen LogP contribution < -0.4 is 10.5 Å². The summed E-state index contributed by atoms with van der Waals surface area (Å²) in [5, 5.41) is 0. The number of rotatable bonds is 6. The van der Waals surface area contributed by atoms with E-state index in [9.17, 15) is 8.42 Å². The normalized spacial score (nSPS) is 18.0. The molecule has 0 saturated carbocycles. The van der Waals surface area contributed by atoms with Gasteiger partial charge in [0.25, 0.3) is 0 Å². The zero-order valence-electron chi connectivity index (χ0n) is 12.0. The number of hydrogen-bond donors (Lipinski definition) is 2. The van der Waals surface area contributed by atoms with Crippen LogP contribution in [0.3, 0.4) is 0 Å². The smallest absolute Gasteiger partial charge is 0.250 e. The lowest BCUT2D eigenvalue weighted by Crippen LogP contribution is -2.44. The van der Waals surface area contributed by atoms with Gasteiger partial charge in [-0.3, -0.25) is 0 Å². The van der Waals surface area contributed by atoms with Crippen molar-refractivity contribution < 1.29 is 8.42 Å². The topological polar surface area (TPSA) is 75.4 Å². The quantitative estimate of drug-likeness (QED) is 0.764. The van der Waals surface area contributed by atoms with E-state index < -0.39 is 10.0 Å². The minimum absolute atomic E-state index is 0.0125. The average molecular weight is 348 g/mol. The van der Waals surface area contributed by atoms with E-state index in [1.54, 1.807) is 12.1 Å². The van der Waals surface area contributed by atoms with Crippen molar-refractivity contribution >= 4 is 38.6 Å². The van der Waals surface area contributed by atoms with E-state index in [4.69, 9.17) is 18.0 Å². The molecule has 1 saturated heterocycles. The highest BCUT2D eigenvalue weighted by atomic mass is 32.2. The molecular weight excluding hydrogens is 326 g/mol. The van der Waals surface area contributed by atoms with Crippen LogP contribution in [0.2, 0.25) is 0 Å². The lowest BCUT2D eigenvalue weighted by molar-refractivity contribution is 0.208. The van der Waals surface area contributed by atoms with Crippen molar-refractivity contribution in [3.05, 3.63) is 17.0 Å². The number of thiophene rings is 1. The minimum Gasteiger partial charge on any atom is -0.389 e. The molecule has 5 nitrogen and oxygen atoms in total. The van der Waals surface area contributed by atoms with Crippen LogP contribution in [0.5, 0.6) is 0 Å². The van der Waals surface area contributed by atoms with Crippen molar-refractivity contribution in [1.29, 1.82) is 0 Å². The maximum absolute atomic E-state index is 12.3. The average Bonchev–Trinajstić information content (AvgIpc) is 2.92. The third kappa shape index (κ3) is 4.46. The molecule has 1 fully saturated rings. The van der Waals surface area contributed by atoms with Crippen molar-refractivity contribution in [3.63, 3.8) is 0 Å². The van der Waals surface area contributed by atoms with Gasteiger partial charge in [-0.25, -0.2) is 13.1 Å². The van der Waals surface area contributed by atoms with Gasteiger partial charge in [0.1, 0.15) is 9.20 Å².